The molecule has 0 aromatic heterocycles. The number of ether oxygens (including phenoxy) is 2. The van der Waals surface area contributed by atoms with E-state index in [0.717, 1.165) is 19.3 Å². The van der Waals surface area contributed by atoms with Crippen molar-refractivity contribution in [2.75, 3.05) is 26.8 Å². The van der Waals surface area contributed by atoms with E-state index in [2.05, 4.69) is 19.2 Å². The molecule has 1 aliphatic carbocycles. The van der Waals surface area contributed by atoms with Gasteiger partial charge < -0.3 is 14.8 Å². The molecular formula is C24H34N2O7S. The Balaban J connectivity index is 1.51. The van der Waals surface area contributed by atoms with Crippen molar-refractivity contribution in [2.24, 2.45) is 17.8 Å². The van der Waals surface area contributed by atoms with Crippen molar-refractivity contribution in [2.45, 2.75) is 56.9 Å². The van der Waals surface area contributed by atoms with Crippen LogP contribution in [-0.2, 0) is 29.1 Å². The molecule has 0 spiro atoms. The van der Waals surface area contributed by atoms with Gasteiger partial charge in [-0.1, -0.05) is 38.8 Å². The fraction of sp³-hybridized carbons (Fsp3) is 0.625. The Morgan fingerprint density at radius 1 is 1.06 bits per heavy atom. The maximum absolute atomic E-state index is 13.1. The van der Waals surface area contributed by atoms with Crippen LogP contribution in [0.15, 0.2) is 29.2 Å². The Hall–Kier alpha value is -2.46. The molecule has 1 amide bonds. The Morgan fingerprint density at radius 2 is 1.74 bits per heavy atom. The van der Waals surface area contributed by atoms with Crippen molar-refractivity contribution in [1.29, 1.82) is 0 Å². The number of nitrogens with one attached hydrogen (secondary N) is 1. The summed E-state index contributed by atoms with van der Waals surface area (Å²) in [6.45, 7) is 4.21. The predicted octanol–water partition coefficient (Wildman–Crippen LogP) is 2.36. The topological polar surface area (TPSA) is 119 Å². The number of hydrogen-bond acceptors (Lipinski definition) is 7. The minimum absolute atomic E-state index is 0.0285. The van der Waals surface area contributed by atoms with Crippen molar-refractivity contribution in [3.63, 3.8) is 0 Å². The molecule has 9 nitrogen and oxygen atoms in total. The van der Waals surface area contributed by atoms with Gasteiger partial charge in [-0.3, -0.25) is 9.59 Å². The van der Waals surface area contributed by atoms with E-state index in [4.69, 9.17) is 9.47 Å². The highest BCUT2D eigenvalue weighted by Gasteiger charge is 2.35. The first-order chi connectivity index (χ1) is 16.1. The zero-order valence-corrected chi connectivity index (χ0v) is 20.8. The SMILES string of the molecule is COC(=O)c1ccccc1S(=O)(=O)N1CCC(C(=O)OCC(=O)NC2CCCC(C)C2C)CC1. The van der Waals surface area contributed by atoms with Crippen LogP contribution in [0.25, 0.3) is 0 Å². The smallest absolute Gasteiger partial charge is 0.339 e. The summed E-state index contributed by atoms with van der Waals surface area (Å²) < 4.78 is 37.4. The molecule has 2 aliphatic rings. The third-order valence-corrected chi connectivity index (χ3v) is 9.05. The molecular weight excluding hydrogens is 460 g/mol. The molecule has 1 aliphatic heterocycles. The van der Waals surface area contributed by atoms with Gasteiger partial charge in [0.15, 0.2) is 6.61 Å². The van der Waals surface area contributed by atoms with Crippen molar-refractivity contribution in [3.05, 3.63) is 29.8 Å². The molecule has 0 radical (unpaired) electrons. The summed E-state index contributed by atoms with van der Waals surface area (Å²) in [6, 6.07) is 5.98. The molecule has 10 heteroatoms. The van der Waals surface area contributed by atoms with Gasteiger partial charge in [0, 0.05) is 19.1 Å². The molecule has 1 heterocycles. The number of rotatable bonds is 7. The third kappa shape index (κ3) is 5.96. The number of amides is 1. The molecule has 0 bridgehead atoms. The normalized spacial score (nSPS) is 24.3. The molecule has 1 saturated carbocycles. The first-order valence-corrected chi connectivity index (χ1v) is 13.2. The summed E-state index contributed by atoms with van der Waals surface area (Å²) in [5, 5.41) is 2.98. The fourth-order valence-electron chi connectivity index (χ4n) is 4.73. The molecule has 188 valence electrons. The number of nitrogens with zero attached hydrogens (tertiary/aromatic N) is 1. The second-order valence-corrected chi connectivity index (χ2v) is 11.1. The van der Waals surface area contributed by atoms with E-state index < -0.39 is 27.9 Å². The molecule has 1 N–H and O–H groups in total. The van der Waals surface area contributed by atoms with Crippen LogP contribution in [0.4, 0.5) is 0 Å². The summed E-state index contributed by atoms with van der Waals surface area (Å²) in [7, 11) is -2.74. The molecule has 2 fully saturated rings. The summed E-state index contributed by atoms with van der Waals surface area (Å²) in [6.07, 6.45) is 3.71. The van der Waals surface area contributed by atoms with Crippen LogP contribution in [0, 0.1) is 17.8 Å². The van der Waals surface area contributed by atoms with E-state index in [-0.39, 0.29) is 54.9 Å². The quantitative estimate of drug-likeness (QED) is 0.578. The number of carbonyl (C=O) groups is 3. The van der Waals surface area contributed by atoms with Crippen LogP contribution in [0.2, 0.25) is 0 Å². The minimum atomic E-state index is -3.93. The van der Waals surface area contributed by atoms with Gasteiger partial charge in [-0.2, -0.15) is 4.31 Å². The fourth-order valence-corrected chi connectivity index (χ4v) is 6.38. The van der Waals surface area contributed by atoms with Crippen molar-refractivity contribution in [3.8, 4) is 0 Å². The minimum Gasteiger partial charge on any atom is -0.465 e. The van der Waals surface area contributed by atoms with Crippen LogP contribution in [0.1, 0.15) is 56.3 Å². The van der Waals surface area contributed by atoms with E-state index in [1.807, 2.05) is 0 Å². The van der Waals surface area contributed by atoms with Crippen molar-refractivity contribution < 1.29 is 32.3 Å². The lowest BCUT2D eigenvalue weighted by Crippen LogP contribution is -2.45. The maximum Gasteiger partial charge on any atom is 0.339 e. The molecule has 1 aromatic carbocycles. The zero-order chi connectivity index (χ0) is 24.9. The molecule has 1 aromatic rings. The average Bonchev–Trinajstić information content (AvgIpc) is 2.85. The Kier molecular flexibility index (Phi) is 8.70. The van der Waals surface area contributed by atoms with Gasteiger partial charge in [0.05, 0.1) is 23.5 Å². The highest BCUT2D eigenvalue weighted by Crippen LogP contribution is 2.30. The Morgan fingerprint density at radius 3 is 2.41 bits per heavy atom. The van der Waals surface area contributed by atoms with Crippen LogP contribution in [0.5, 0.6) is 0 Å². The van der Waals surface area contributed by atoms with E-state index >= 15 is 0 Å². The monoisotopic (exact) mass is 494 g/mol. The first-order valence-electron chi connectivity index (χ1n) is 11.8. The van der Waals surface area contributed by atoms with Crippen molar-refractivity contribution in [1.82, 2.24) is 9.62 Å². The number of carbonyl (C=O) groups excluding carboxylic acids is 3. The predicted molar refractivity (Wildman–Crippen MR) is 124 cm³/mol. The summed E-state index contributed by atoms with van der Waals surface area (Å²) in [4.78, 5) is 36.7. The number of hydrogen-bond donors (Lipinski definition) is 1. The largest absolute Gasteiger partial charge is 0.465 e. The van der Waals surface area contributed by atoms with Gasteiger partial charge in [-0.05, 0) is 43.2 Å². The van der Waals surface area contributed by atoms with E-state index in [9.17, 15) is 22.8 Å². The summed E-state index contributed by atoms with van der Waals surface area (Å²) in [5.41, 5.74) is -0.0285. The lowest BCUT2D eigenvalue weighted by atomic mass is 9.78. The number of esters is 2. The van der Waals surface area contributed by atoms with E-state index in [1.165, 1.54) is 23.5 Å². The number of methoxy groups -OCH3 is 1. The second-order valence-electron chi connectivity index (χ2n) is 9.22. The zero-order valence-electron chi connectivity index (χ0n) is 20.0. The lowest BCUT2D eigenvalue weighted by Gasteiger charge is -2.34. The number of piperidine rings is 1. The second kappa shape index (κ2) is 11.3. The number of benzene rings is 1. The number of sulfonamides is 1. The molecule has 34 heavy (non-hydrogen) atoms. The summed E-state index contributed by atoms with van der Waals surface area (Å²) >= 11 is 0. The molecule has 3 rings (SSSR count). The molecule has 3 unspecified atom stereocenters. The molecule has 3 atom stereocenters. The molecule has 1 saturated heterocycles. The average molecular weight is 495 g/mol. The Labute approximate surface area is 201 Å². The lowest BCUT2D eigenvalue weighted by molar-refractivity contribution is -0.154. The maximum atomic E-state index is 13.1. The Bertz CT molecular complexity index is 1000. The van der Waals surface area contributed by atoms with Gasteiger partial charge in [0.1, 0.15) is 0 Å². The van der Waals surface area contributed by atoms with Crippen LogP contribution >= 0.6 is 0 Å². The van der Waals surface area contributed by atoms with Gasteiger partial charge in [0.2, 0.25) is 10.0 Å². The highest BCUT2D eigenvalue weighted by atomic mass is 32.2. The van der Waals surface area contributed by atoms with Crippen molar-refractivity contribution >= 4 is 27.9 Å². The first kappa shape index (κ1) is 26.2. The third-order valence-electron chi connectivity index (χ3n) is 7.10. The van der Waals surface area contributed by atoms with Gasteiger partial charge in [0.25, 0.3) is 5.91 Å². The highest BCUT2D eigenvalue weighted by molar-refractivity contribution is 7.89. The van der Waals surface area contributed by atoms with Gasteiger partial charge in [-0.25, -0.2) is 13.2 Å². The van der Waals surface area contributed by atoms with Crippen LogP contribution < -0.4 is 5.32 Å². The van der Waals surface area contributed by atoms with Crippen LogP contribution in [0.3, 0.4) is 0 Å². The van der Waals surface area contributed by atoms with E-state index in [0.29, 0.717) is 11.8 Å². The van der Waals surface area contributed by atoms with E-state index in [1.54, 1.807) is 12.1 Å². The summed E-state index contributed by atoms with van der Waals surface area (Å²) in [5.74, 6) is -1.09. The van der Waals surface area contributed by atoms with Gasteiger partial charge >= 0.3 is 11.9 Å². The standard InChI is InChI=1S/C24H34N2O7S/c1-16-7-6-9-20(17(16)2)25-22(27)15-33-23(28)18-11-13-26(14-12-18)34(30,31)21-10-5-4-8-19(21)24(29)32-3/h4-5,8,10,16-18,20H,6-7,9,11-15H2,1-3H3,(H,25,27). The van der Waals surface area contributed by atoms with Crippen LogP contribution in [-0.4, -0.2) is 63.4 Å². The van der Waals surface area contributed by atoms with Gasteiger partial charge in [-0.15, -0.1) is 0 Å².